The van der Waals surface area contributed by atoms with E-state index in [9.17, 15) is 0 Å². The number of benzene rings is 1. The van der Waals surface area contributed by atoms with Crippen LogP contribution in [0.1, 0.15) is 5.56 Å². The minimum Gasteiger partial charge on any atom is -0.302 e. The van der Waals surface area contributed by atoms with Crippen molar-refractivity contribution in [3.05, 3.63) is 47.5 Å². The molecule has 1 aliphatic rings. The molecule has 0 amide bonds. The van der Waals surface area contributed by atoms with E-state index in [4.69, 9.17) is 5.26 Å². The van der Waals surface area contributed by atoms with Crippen molar-refractivity contribution in [3.8, 4) is 6.07 Å². The van der Waals surface area contributed by atoms with Gasteiger partial charge in [-0.1, -0.05) is 36.4 Å². The van der Waals surface area contributed by atoms with Crippen molar-refractivity contribution in [1.29, 1.82) is 5.26 Å². The van der Waals surface area contributed by atoms with Crippen LogP contribution in [0, 0.1) is 11.3 Å². The first-order valence-electron chi connectivity index (χ1n) is 6.22. The van der Waals surface area contributed by atoms with Crippen molar-refractivity contribution in [2.45, 2.75) is 12.6 Å². The van der Waals surface area contributed by atoms with Gasteiger partial charge in [0.2, 0.25) is 0 Å². The molecule has 0 aromatic heterocycles. The van der Waals surface area contributed by atoms with Crippen LogP contribution in [0.2, 0.25) is 0 Å². The van der Waals surface area contributed by atoms with E-state index < -0.39 is 0 Å². The molecule has 3 nitrogen and oxygen atoms in total. The van der Waals surface area contributed by atoms with Gasteiger partial charge in [-0.2, -0.15) is 5.26 Å². The van der Waals surface area contributed by atoms with Crippen molar-refractivity contribution in [2.24, 2.45) is 0 Å². The predicted molar refractivity (Wildman–Crippen MR) is 72.9 cm³/mol. The fraction of sp³-hybridized carbons (Fsp3) is 0.400. The molecule has 1 atom stereocenters. The van der Waals surface area contributed by atoms with Crippen molar-refractivity contribution in [1.82, 2.24) is 9.80 Å². The monoisotopic (exact) mass is 241 g/mol. The summed E-state index contributed by atoms with van der Waals surface area (Å²) in [4.78, 5) is 4.49. The van der Waals surface area contributed by atoms with Crippen molar-refractivity contribution < 1.29 is 0 Å². The Bertz CT molecular complexity index is 456. The van der Waals surface area contributed by atoms with Gasteiger partial charge in [0, 0.05) is 31.2 Å². The van der Waals surface area contributed by atoms with E-state index in [-0.39, 0.29) is 0 Å². The quantitative estimate of drug-likeness (QED) is 0.809. The highest BCUT2D eigenvalue weighted by Crippen LogP contribution is 2.15. The number of hydrogen-bond donors (Lipinski definition) is 0. The van der Waals surface area contributed by atoms with Crippen LogP contribution in [0.25, 0.3) is 0 Å². The summed E-state index contributed by atoms with van der Waals surface area (Å²) in [6.45, 7) is 2.65. The third-order valence-electron chi connectivity index (χ3n) is 3.29. The second-order valence-corrected chi connectivity index (χ2v) is 4.99. The lowest BCUT2D eigenvalue weighted by molar-refractivity contribution is 0.201. The lowest BCUT2D eigenvalue weighted by Gasteiger charge is -2.33. The molecule has 0 N–H and O–H groups in total. The number of rotatable bonds is 3. The Morgan fingerprint density at radius 3 is 2.67 bits per heavy atom. The van der Waals surface area contributed by atoms with Crippen LogP contribution in [-0.4, -0.2) is 43.0 Å². The van der Waals surface area contributed by atoms with Crippen LogP contribution in [0.4, 0.5) is 0 Å². The largest absolute Gasteiger partial charge is 0.302 e. The molecule has 0 saturated heterocycles. The molecule has 1 aliphatic heterocycles. The Labute approximate surface area is 109 Å². The molecule has 1 aromatic carbocycles. The van der Waals surface area contributed by atoms with E-state index in [0.29, 0.717) is 6.04 Å². The molecule has 0 bridgehead atoms. The number of likely N-dealkylation sites (N-methyl/N-ethyl adjacent to an activating group) is 1. The zero-order chi connectivity index (χ0) is 13.0. The maximum absolute atomic E-state index is 9.11. The smallest absolute Gasteiger partial charge is 0.0958 e. The summed E-state index contributed by atoms with van der Waals surface area (Å²) in [6, 6.07) is 13.0. The van der Waals surface area contributed by atoms with E-state index in [0.717, 1.165) is 25.2 Å². The minimum atomic E-state index is 0.331. The molecule has 2 rings (SSSR count). The van der Waals surface area contributed by atoms with Crippen molar-refractivity contribution in [3.63, 3.8) is 0 Å². The van der Waals surface area contributed by atoms with Gasteiger partial charge in [-0.05, 0) is 19.7 Å². The Morgan fingerprint density at radius 1 is 1.33 bits per heavy atom. The summed E-state index contributed by atoms with van der Waals surface area (Å²) in [5.74, 6) is 0. The maximum atomic E-state index is 9.11. The van der Waals surface area contributed by atoms with Crippen LogP contribution in [0.15, 0.2) is 42.0 Å². The van der Waals surface area contributed by atoms with Crippen LogP contribution in [-0.2, 0) is 6.54 Å². The summed E-state index contributed by atoms with van der Waals surface area (Å²) >= 11 is 0. The third-order valence-corrected chi connectivity index (χ3v) is 3.29. The first-order chi connectivity index (χ1) is 8.69. The average Bonchev–Trinajstić information content (AvgIpc) is 2.39. The number of nitriles is 1. The molecule has 1 unspecified atom stereocenters. The van der Waals surface area contributed by atoms with Gasteiger partial charge in [-0.25, -0.2) is 0 Å². The first kappa shape index (κ1) is 12.8. The highest BCUT2D eigenvalue weighted by atomic mass is 15.2. The molecule has 18 heavy (non-hydrogen) atoms. The average molecular weight is 241 g/mol. The van der Waals surface area contributed by atoms with Crippen LogP contribution in [0.3, 0.4) is 0 Å². The SMILES string of the molecule is CN(C)C1C=C(C#N)CN(Cc2ccccc2)C1. The molecular weight excluding hydrogens is 222 g/mol. The van der Waals surface area contributed by atoms with E-state index in [1.165, 1.54) is 5.56 Å². The normalized spacial score (nSPS) is 20.6. The summed E-state index contributed by atoms with van der Waals surface area (Å²) in [7, 11) is 4.12. The molecule has 1 aromatic rings. The standard InChI is InChI=1S/C15H19N3/c1-17(2)15-8-14(9-16)11-18(12-15)10-13-6-4-3-5-7-13/h3-8,15H,10-12H2,1-2H3. The molecule has 0 radical (unpaired) electrons. The molecule has 0 fully saturated rings. The maximum Gasteiger partial charge on any atom is 0.0958 e. The van der Waals surface area contributed by atoms with Gasteiger partial charge < -0.3 is 4.90 Å². The van der Waals surface area contributed by atoms with Gasteiger partial charge in [0.1, 0.15) is 0 Å². The second kappa shape index (κ2) is 5.81. The molecule has 3 heteroatoms. The Hall–Kier alpha value is -1.63. The summed E-state index contributed by atoms with van der Waals surface area (Å²) in [5.41, 5.74) is 2.17. The van der Waals surface area contributed by atoms with Gasteiger partial charge in [-0.15, -0.1) is 0 Å². The van der Waals surface area contributed by atoms with E-state index >= 15 is 0 Å². The van der Waals surface area contributed by atoms with Crippen LogP contribution in [0.5, 0.6) is 0 Å². The molecule has 0 saturated carbocycles. The number of nitrogens with zero attached hydrogens (tertiary/aromatic N) is 3. The summed E-state index contributed by atoms with van der Waals surface area (Å²) < 4.78 is 0. The van der Waals surface area contributed by atoms with Crippen molar-refractivity contribution in [2.75, 3.05) is 27.2 Å². The van der Waals surface area contributed by atoms with Gasteiger partial charge >= 0.3 is 0 Å². The Morgan fingerprint density at radius 2 is 2.06 bits per heavy atom. The van der Waals surface area contributed by atoms with Crippen LogP contribution >= 0.6 is 0 Å². The minimum absolute atomic E-state index is 0.331. The van der Waals surface area contributed by atoms with Gasteiger partial charge in [-0.3, -0.25) is 4.90 Å². The summed E-state index contributed by atoms with van der Waals surface area (Å²) in [5, 5.41) is 9.11. The first-order valence-corrected chi connectivity index (χ1v) is 6.22. The van der Waals surface area contributed by atoms with Gasteiger partial charge in [0.15, 0.2) is 0 Å². The highest BCUT2D eigenvalue weighted by Gasteiger charge is 2.21. The fourth-order valence-corrected chi connectivity index (χ4v) is 2.25. The van der Waals surface area contributed by atoms with E-state index in [2.05, 4.69) is 60.3 Å². The Kier molecular flexibility index (Phi) is 4.14. The van der Waals surface area contributed by atoms with Crippen molar-refractivity contribution >= 4 is 0 Å². The molecule has 0 spiro atoms. The molecular formula is C15H19N3. The van der Waals surface area contributed by atoms with Gasteiger partial charge in [0.05, 0.1) is 6.07 Å². The molecule has 0 aliphatic carbocycles. The van der Waals surface area contributed by atoms with Gasteiger partial charge in [0.25, 0.3) is 0 Å². The van der Waals surface area contributed by atoms with E-state index in [1.54, 1.807) is 0 Å². The fourth-order valence-electron chi connectivity index (χ4n) is 2.25. The van der Waals surface area contributed by atoms with Crippen LogP contribution < -0.4 is 0 Å². The summed E-state index contributed by atoms with van der Waals surface area (Å²) in [6.07, 6.45) is 2.08. The lowest BCUT2D eigenvalue weighted by atomic mass is 10.1. The second-order valence-electron chi connectivity index (χ2n) is 4.99. The zero-order valence-electron chi connectivity index (χ0n) is 11.0. The topological polar surface area (TPSA) is 30.3 Å². The lowest BCUT2D eigenvalue weighted by Crippen LogP contribution is -2.43. The van der Waals surface area contributed by atoms with E-state index in [1.807, 2.05) is 6.07 Å². The molecule has 94 valence electrons. The highest BCUT2D eigenvalue weighted by molar-refractivity contribution is 5.27. The molecule has 1 heterocycles. The third kappa shape index (κ3) is 3.19. The zero-order valence-corrected chi connectivity index (χ0v) is 11.0. The Balaban J connectivity index is 2.07. The predicted octanol–water partition coefficient (Wildman–Crippen LogP) is 1.88. The number of hydrogen-bond acceptors (Lipinski definition) is 3.